The summed E-state index contributed by atoms with van der Waals surface area (Å²) in [6.45, 7) is 0.228. The van der Waals surface area contributed by atoms with Crippen molar-refractivity contribution in [3.8, 4) is 23.7 Å². The van der Waals surface area contributed by atoms with Crippen LogP contribution < -0.4 is 0 Å². The maximum Gasteiger partial charge on any atom is 0.299 e. The van der Waals surface area contributed by atoms with Crippen LogP contribution in [0.2, 0.25) is 0 Å². The van der Waals surface area contributed by atoms with E-state index >= 15 is 0 Å². The molecule has 46 heavy (non-hydrogen) atoms. The van der Waals surface area contributed by atoms with Crippen LogP contribution in [-0.2, 0) is 19.8 Å². The Bertz CT molecular complexity index is 2140. The van der Waals surface area contributed by atoms with Gasteiger partial charge in [0.05, 0.1) is 28.6 Å². The van der Waals surface area contributed by atoms with Gasteiger partial charge < -0.3 is 0 Å². The van der Waals surface area contributed by atoms with E-state index in [-0.39, 0.29) is 16.9 Å². The molecule has 15 heteroatoms. The third-order valence-corrected chi connectivity index (χ3v) is 6.17. The number of benzene rings is 2. The molecule has 0 bridgehead atoms. The van der Waals surface area contributed by atoms with Gasteiger partial charge in [0.25, 0.3) is 11.4 Å². The summed E-state index contributed by atoms with van der Waals surface area (Å²) >= 11 is 0. The minimum absolute atomic E-state index is 0.0386. The number of non-ortho nitro benzene ring substituents is 2. The summed E-state index contributed by atoms with van der Waals surface area (Å²) in [5.41, 5.74) is 2.96. The van der Waals surface area contributed by atoms with Gasteiger partial charge in [-0.05, 0) is 48.2 Å². The first kappa shape index (κ1) is 30.8. The van der Waals surface area contributed by atoms with E-state index < -0.39 is 16.5 Å². The van der Waals surface area contributed by atoms with Gasteiger partial charge in [0.1, 0.15) is 29.1 Å². The number of aromatic nitrogens is 8. The van der Waals surface area contributed by atoms with Gasteiger partial charge in [0.2, 0.25) is 0 Å². The smallest absolute Gasteiger partial charge is 0.258 e. The Morgan fingerprint density at radius 1 is 0.674 bits per heavy atom. The van der Waals surface area contributed by atoms with Crippen molar-refractivity contribution in [2.75, 3.05) is 0 Å². The minimum Gasteiger partial charge on any atom is -0.258 e. The van der Waals surface area contributed by atoms with E-state index in [0.29, 0.717) is 59.6 Å². The number of fused-ring (bicyclic) bond motifs is 2. The topological polar surface area (TPSA) is 173 Å². The molecule has 0 saturated heterocycles. The summed E-state index contributed by atoms with van der Waals surface area (Å²) in [6, 6.07) is 19.9. The van der Waals surface area contributed by atoms with Crippen molar-refractivity contribution in [3.05, 3.63) is 116 Å². The normalized spacial score (nSPS) is 10.3. The van der Waals surface area contributed by atoms with Crippen LogP contribution in [0.25, 0.3) is 22.1 Å². The monoisotopic (exact) mass is 618 g/mol. The lowest BCUT2D eigenvalue weighted by atomic mass is 10.3. The molecule has 2 aromatic carbocycles. The molecule has 0 N–H and O–H groups in total. The molecule has 228 valence electrons. The Morgan fingerprint density at radius 2 is 1.22 bits per heavy atom. The number of nitro groups is 2. The molecule has 0 radical (unpaired) electrons. The zero-order valence-electron chi connectivity index (χ0n) is 24.0. The van der Waals surface area contributed by atoms with Gasteiger partial charge in [-0.3, -0.25) is 20.2 Å². The number of hydrogen-bond acceptors (Lipinski definition) is 10. The second kappa shape index (κ2) is 14.7. The van der Waals surface area contributed by atoms with E-state index in [9.17, 15) is 24.6 Å². The molecule has 4 aromatic heterocycles. The summed E-state index contributed by atoms with van der Waals surface area (Å²) in [5, 5.41) is 38.6. The summed E-state index contributed by atoms with van der Waals surface area (Å²) < 4.78 is 12.5. The highest BCUT2D eigenvalue weighted by molar-refractivity contribution is 5.83. The van der Waals surface area contributed by atoms with Gasteiger partial charge in [-0.1, -0.05) is 36.1 Å². The Hall–Kier alpha value is -6.61. The maximum absolute atomic E-state index is 12.5. The molecule has 14 nitrogen and oxygen atoms in total. The van der Waals surface area contributed by atoms with Gasteiger partial charge in [0.15, 0.2) is 11.0 Å². The molecule has 0 aliphatic rings. The molecule has 0 saturated carbocycles. The molecular weight excluding hydrogens is 595 g/mol. The van der Waals surface area contributed by atoms with Crippen LogP contribution in [0.15, 0.2) is 79.0 Å². The molecule has 0 fully saturated rings. The Kier molecular flexibility index (Phi) is 9.86. The molecule has 6 rings (SSSR count). The molecule has 0 amide bonds. The minimum atomic E-state index is -0.627. The maximum atomic E-state index is 12.5. The van der Waals surface area contributed by atoms with Crippen molar-refractivity contribution in [2.24, 2.45) is 0 Å². The van der Waals surface area contributed by atoms with Crippen molar-refractivity contribution < 1.29 is 14.2 Å². The first-order valence-electron chi connectivity index (χ1n) is 13.8. The number of pyridine rings is 2. The van der Waals surface area contributed by atoms with Crippen LogP contribution in [0, 0.1) is 43.9 Å². The van der Waals surface area contributed by atoms with Crippen molar-refractivity contribution in [2.45, 2.75) is 32.6 Å². The SMILES string of the molecule is O=[N+]([O-])c1cccc2nn(CCC#Cc3cccc(CF)n3)nc12.O=[N+]([O-])c1cccc2nn(CCC#Cc3ccccn3)nc12. The van der Waals surface area contributed by atoms with Gasteiger partial charge in [-0.15, -0.1) is 10.2 Å². The van der Waals surface area contributed by atoms with Gasteiger partial charge in [-0.2, -0.15) is 19.8 Å². The van der Waals surface area contributed by atoms with Gasteiger partial charge in [0, 0.05) is 31.2 Å². The van der Waals surface area contributed by atoms with Crippen LogP contribution in [-0.4, -0.2) is 49.8 Å². The number of alkyl halides is 1. The fourth-order valence-electron chi connectivity index (χ4n) is 4.10. The number of hydrogen-bond donors (Lipinski definition) is 0. The molecule has 4 heterocycles. The lowest BCUT2D eigenvalue weighted by Gasteiger charge is -1.94. The standard InChI is InChI=1S/C16H12FN5O2.C15H11N5O2/c17-11-13-7-3-6-12(18-13)5-1-2-10-21-19-14-8-4-9-15(22(23)24)16(14)20-21;21-20(22)14-9-5-8-13-15(14)18-19(17-13)11-4-2-7-12-6-1-3-10-16-12/h3-4,6-9H,2,10-11H2;1,3,5-6,8-10H,4,11H2. The first-order valence-corrected chi connectivity index (χ1v) is 13.8. The zero-order valence-corrected chi connectivity index (χ0v) is 24.0. The average Bonchev–Trinajstić information content (AvgIpc) is 3.69. The summed E-state index contributed by atoms with van der Waals surface area (Å²) in [5.74, 6) is 11.7. The quantitative estimate of drug-likeness (QED) is 0.137. The average molecular weight is 619 g/mol. The largest absolute Gasteiger partial charge is 0.299 e. The first-order chi connectivity index (χ1) is 22.4. The number of aryl methyl sites for hydroxylation is 2. The predicted octanol–water partition coefficient (Wildman–Crippen LogP) is 4.82. The Labute approximate surface area is 260 Å². The van der Waals surface area contributed by atoms with Crippen LogP contribution in [0.4, 0.5) is 15.8 Å². The van der Waals surface area contributed by atoms with Crippen LogP contribution in [0.1, 0.15) is 29.9 Å². The van der Waals surface area contributed by atoms with Crippen molar-refractivity contribution >= 4 is 33.4 Å². The van der Waals surface area contributed by atoms with Crippen LogP contribution in [0.5, 0.6) is 0 Å². The number of rotatable bonds is 7. The summed E-state index contributed by atoms with van der Waals surface area (Å²) in [7, 11) is 0. The van der Waals surface area contributed by atoms with E-state index in [1.807, 2.05) is 18.2 Å². The second-order valence-electron chi connectivity index (χ2n) is 9.36. The summed E-state index contributed by atoms with van der Waals surface area (Å²) in [4.78, 5) is 31.9. The highest BCUT2D eigenvalue weighted by atomic mass is 19.1. The molecule has 0 aliphatic carbocycles. The molecule has 0 unspecified atom stereocenters. The van der Waals surface area contributed by atoms with E-state index in [0.717, 1.165) is 0 Å². The van der Waals surface area contributed by atoms with Gasteiger partial charge >= 0.3 is 0 Å². The molecular formula is C31H23FN10O4. The predicted molar refractivity (Wildman–Crippen MR) is 165 cm³/mol. The third-order valence-electron chi connectivity index (χ3n) is 6.17. The van der Waals surface area contributed by atoms with Crippen molar-refractivity contribution in [3.63, 3.8) is 0 Å². The Balaban J connectivity index is 0.000000182. The van der Waals surface area contributed by atoms with E-state index in [4.69, 9.17) is 0 Å². The van der Waals surface area contributed by atoms with Crippen molar-refractivity contribution in [1.82, 2.24) is 40.0 Å². The Morgan fingerprint density at radius 3 is 1.74 bits per heavy atom. The zero-order chi connectivity index (χ0) is 32.3. The molecule has 6 aromatic rings. The van der Waals surface area contributed by atoms with E-state index in [2.05, 4.69) is 54.0 Å². The van der Waals surface area contributed by atoms with Crippen LogP contribution in [0.3, 0.4) is 0 Å². The van der Waals surface area contributed by atoms with Crippen LogP contribution >= 0.6 is 0 Å². The number of halogens is 1. The number of nitro benzene ring substituents is 2. The highest BCUT2D eigenvalue weighted by Crippen LogP contribution is 2.22. The fourth-order valence-corrected chi connectivity index (χ4v) is 4.10. The number of nitrogens with zero attached hydrogens (tertiary/aromatic N) is 10. The highest BCUT2D eigenvalue weighted by Gasteiger charge is 2.16. The second-order valence-corrected chi connectivity index (χ2v) is 9.36. The molecule has 0 atom stereocenters. The fraction of sp³-hybridized carbons (Fsp3) is 0.161. The van der Waals surface area contributed by atoms with Crippen molar-refractivity contribution in [1.29, 1.82) is 0 Å². The lowest BCUT2D eigenvalue weighted by molar-refractivity contribution is -0.383. The summed E-state index contributed by atoms with van der Waals surface area (Å²) in [6.07, 6.45) is 2.66. The van der Waals surface area contributed by atoms with Gasteiger partial charge in [-0.25, -0.2) is 14.4 Å². The van der Waals surface area contributed by atoms with E-state index in [1.54, 1.807) is 48.7 Å². The molecule has 0 aliphatic heterocycles. The van der Waals surface area contributed by atoms with E-state index in [1.165, 1.54) is 21.7 Å². The lowest BCUT2D eigenvalue weighted by Crippen LogP contribution is -2.01. The molecule has 0 spiro atoms. The third kappa shape index (κ3) is 7.86.